The van der Waals surface area contributed by atoms with Crippen molar-refractivity contribution < 1.29 is 9.53 Å². The predicted octanol–water partition coefficient (Wildman–Crippen LogP) is 0.502. The average Bonchev–Trinajstić information content (AvgIpc) is 2.46. The van der Waals surface area contributed by atoms with E-state index in [1.54, 1.807) is 18.2 Å². The molecule has 6 nitrogen and oxygen atoms in total. The third kappa shape index (κ3) is 4.11. The topological polar surface area (TPSA) is 93.6 Å². The number of nitrogens with zero attached hydrogens (tertiary/aromatic N) is 1. The van der Waals surface area contributed by atoms with E-state index in [-0.39, 0.29) is 0 Å². The van der Waals surface area contributed by atoms with Crippen LogP contribution in [-0.2, 0) is 4.74 Å². The van der Waals surface area contributed by atoms with Crippen LogP contribution in [0, 0.1) is 0 Å². The van der Waals surface area contributed by atoms with Gasteiger partial charge < -0.3 is 21.5 Å². The molecule has 0 aliphatic carbocycles. The lowest BCUT2D eigenvalue weighted by molar-refractivity contribution is 0.0378. The van der Waals surface area contributed by atoms with Gasteiger partial charge in [-0.25, -0.2) is 0 Å². The fourth-order valence-electron chi connectivity index (χ4n) is 2.23. The Morgan fingerprint density at radius 1 is 1.35 bits per heavy atom. The van der Waals surface area contributed by atoms with Crippen molar-refractivity contribution in [2.75, 3.05) is 50.4 Å². The highest BCUT2D eigenvalue weighted by molar-refractivity contribution is 5.94. The molecule has 1 aromatic carbocycles. The second-order valence-electron chi connectivity index (χ2n) is 4.90. The number of ether oxygens (including phenoxy) is 1. The first-order valence-corrected chi connectivity index (χ1v) is 6.90. The number of anilines is 2. The summed E-state index contributed by atoms with van der Waals surface area (Å²) in [6, 6.07) is 5.08. The quantitative estimate of drug-likeness (QED) is 0.520. The molecule has 6 heteroatoms. The summed E-state index contributed by atoms with van der Waals surface area (Å²) in [4.78, 5) is 13.4. The zero-order valence-corrected chi connectivity index (χ0v) is 11.6. The molecular weight excluding hydrogens is 256 g/mol. The van der Waals surface area contributed by atoms with Gasteiger partial charge in [0.25, 0.3) is 0 Å². The maximum absolute atomic E-state index is 11.0. The van der Waals surface area contributed by atoms with Crippen molar-refractivity contribution in [3.8, 4) is 0 Å². The Morgan fingerprint density at radius 2 is 2.10 bits per heavy atom. The second-order valence-corrected chi connectivity index (χ2v) is 4.90. The highest BCUT2D eigenvalue weighted by Crippen LogP contribution is 2.19. The molecule has 0 bridgehead atoms. The van der Waals surface area contributed by atoms with Gasteiger partial charge in [0, 0.05) is 25.2 Å². The molecule has 1 aromatic rings. The standard InChI is InChI=1S/C14H22N4O2/c15-12-10-11(14(16)19)2-3-13(12)17-4-1-5-18-6-8-20-9-7-18/h2-3,10,17H,1,4-9,15H2,(H2,16,19). The summed E-state index contributed by atoms with van der Waals surface area (Å²) >= 11 is 0. The molecule has 0 radical (unpaired) electrons. The minimum Gasteiger partial charge on any atom is -0.397 e. The summed E-state index contributed by atoms with van der Waals surface area (Å²) in [6.07, 6.45) is 1.04. The number of carbonyl (C=O) groups excluding carboxylic acids is 1. The maximum atomic E-state index is 11.0. The van der Waals surface area contributed by atoms with Gasteiger partial charge in [0.05, 0.1) is 24.6 Å². The molecular formula is C14H22N4O2. The molecule has 5 N–H and O–H groups in total. The van der Waals surface area contributed by atoms with Crippen molar-refractivity contribution in [2.24, 2.45) is 5.73 Å². The molecule has 0 spiro atoms. The van der Waals surface area contributed by atoms with Crippen LogP contribution in [0.5, 0.6) is 0 Å². The average molecular weight is 278 g/mol. The molecule has 1 aliphatic rings. The molecule has 0 atom stereocenters. The highest BCUT2D eigenvalue weighted by atomic mass is 16.5. The van der Waals surface area contributed by atoms with Crippen molar-refractivity contribution in [2.45, 2.75) is 6.42 Å². The third-order valence-corrected chi connectivity index (χ3v) is 3.41. The van der Waals surface area contributed by atoms with Crippen LogP contribution in [0.15, 0.2) is 18.2 Å². The molecule has 20 heavy (non-hydrogen) atoms. The van der Waals surface area contributed by atoms with Crippen molar-refractivity contribution in [3.63, 3.8) is 0 Å². The number of nitrogens with two attached hydrogens (primary N) is 2. The van der Waals surface area contributed by atoms with Gasteiger partial charge in [-0.05, 0) is 31.2 Å². The number of rotatable bonds is 6. The monoisotopic (exact) mass is 278 g/mol. The lowest BCUT2D eigenvalue weighted by Crippen LogP contribution is -2.37. The van der Waals surface area contributed by atoms with Gasteiger partial charge in [0.15, 0.2) is 0 Å². The summed E-state index contributed by atoms with van der Waals surface area (Å²) in [5, 5.41) is 3.28. The van der Waals surface area contributed by atoms with Crippen molar-refractivity contribution in [1.29, 1.82) is 0 Å². The maximum Gasteiger partial charge on any atom is 0.248 e. The Bertz CT molecular complexity index is 458. The van der Waals surface area contributed by atoms with Gasteiger partial charge in [-0.1, -0.05) is 0 Å². The molecule has 0 saturated carbocycles. The van der Waals surface area contributed by atoms with Crippen LogP contribution in [0.4, 0.5) is 11.4 Å². The Morgan fingerprint density at radius 3 is 2.75 bits per heavy atom. The number of primary amides is 1. The number of hydrogen-bond acceptors (Lipinski definition) is 5. The Kier molecular flexibility index (Phi) is 5.20. The van der Waals surface area contributed by atoms with Crippen molar-refractivity contribution >= 4 is 17.3 Å². The van der Waals surface area contributed by atoms with Gasteiger partial charge in [0.2, 0.25) is 5.91 Å². The highest BCUT2D eigenvalue weighted by Gasteiger charge is 2.09. The largest absolute Gasteiger partial charge is 0.397 e. The van der Waals surface area contributed by atoms with Crippen LogP contribution in [0.1, 0.15) is 16.8 Å². The SMILES string of the molecule is NC(=O)c1ccc(NCCCN2CCOCC2)c(N)c1. The molecule has 1 amide bonds. The number of carbonyl (C=O) groups is 1. The molecule has 0 unspecified atom stereocenters. The molecule has 110 valence electrons. The number of amides is 1. The molecule has 1 fully saturated rings. The minimum atomic E-state index is -0.462. The minimum absolute atomic E-state index is 0.432. The second kappa shape index (κ2) is 7.12. The van der Waals surface area contributed by atoms with Gasteiger partial charge in [-0.2, -0.15) is 0 Å². The number of nitrogens with one attached hydrogen (secondary N) is 1. The van der Waals surface area contributed by atoms with E-state index in [0.29, 0.717) is 11.3 Å². The molecule has 2 rings (SSSR count). The van der Waals surface area contributed by atoms with E-state index in [9.17, 15) is 4.79 Å². The summed E-state index contributed by atoms with van der Waals surface area (Å²) in [7, 11) is 0. The zero-order chi connectivity index (χ0) is 14.4. The molecule has 1 saturated heterocycles. The lowest BCUT2D eigenvalue weighted by Gasteiger charge is -2.26. The smallest absolute Gasteiger partial charge is 0.248 e. The van der Waals surface area contributed by atoms with E-state index in [2.05, 4.69) is 10.2 Å². The van der Waals surface area contributed by atoms with Crippen molar-refractivity contribution in [3.05, 3.63) is 23.8 Å². The molecule has 1 aliphatic heterocycles. The van der Waals surface area contributed by atoms with E-state index in [4.69, 9.17) is 16.2 Å². The van der Waals surface area contributed by atoms with Gasteiger partial charge in [-0.3, -0.25) is 9.69 Å². The fraction of sp³-hybridized carbons (Fsp3) is 0.500. The summed E-state index contributed by atoms with van der Waals surface area (Å²) in [5.41, 5.74) is 12.9. The fourth-order valence-corrected chi connectivity index (χ4v) is 2.23. The normalized spacial score (nSPS) is 16.0. The number of morpholine rings is 1. The first-order valence-electron chi connectivity index (χ1n) is 6.90. The summed E-state index contributed by atoms with van der Waals surface area (Å²) in [6.45, 7) is 5.57. The van der Waals surface area contributed by atoms with E-state index in [1.807, 2.05) is 0 Å². The number of hydrogen-bond donors (Lipinski definition) is 3. The first-order chi connectivity index (χ1) is 9.66. The zero-order valence-electron chi connectivity index (χ0n) is 11.6. The van der Waals surface area contributed by atoms with Crippen LogP contribution in [0.3, 0.4) is 0 Å². The van der Waals surface area contributed by atoms with Crippen LogP contribution < -0.4 is 16.8 Å². The predicted molar refractivity (Wildman–Crippen MR) is 79.7 cm³/mol. The van der Waals surface area contributed by atoms with Gasteiger partial charge in [0.1, 0.15) is 0 Å². The molecule has 1 heterocycles. The van der Waals surface area contributed by atoms with E-state index in [0.717, 1.165) is 51.5 Å². The number of benzene rings is 1. The van der Waals surface area contributed by atoms with Gasteiger partial charge >= 0.3 is 0 Å². The van der Waals surface area contributed by atoms with Gasteiger partial charge in [-0.15, -0.1) is 0 Å². The van der Waals surface area contributed by atoms with Crippen LogP contribution in [-0.4, -0.2) is 50.2 Å². The number of nitrogen functional groups attached to an aromatic ring is 1. The van der Waals surface area contributed by atoms with E-state index < -0.39 is 5.91 Å². The molecule has 0 aromatic heterocycles. The van der Waals surface area contributed by atoms with Crippen LogP contribution >= 0.6 is 0 Å². The van der Waals surface area contributed by atoms with Crippen molar-refractivity contribution in [1.82, 2.24) is 4.90 Å². The first kappa shape index (κ1) is 14.6. The summed E-state index contributed by atoms with van der Waals surface area (Å²) in [5.74, 6) is -0.462. The van der Waals surface area contributed by atoms with E-state index in [1.165, 1.54) is 0 Å². The third-order valence-electron chi connectivity index (χ3n) is 3.41. The summed E-state index contributed by atoms with van der Waals surface area (Å²) < 4.78 is 5.31. The van der Waals surface area contributed by atoms with Crippen LogP contribution in [0.25, 0.3) is 0 Å². The Labute approximate surface area is 119 Å². The Hall–Kier alpha value is -1.79. The van der Waals surface area contributed by atoms with E-state index >= 15 is 0 Å². The Balaban J connectivity index is 1.74. The van der Waals surface area contributed by atoms with Crippen LogP contribution in [0.2, 0.25) is 0 Å². The lowest BCUT2D eigenvalue weighted by atomic mass is 10.1.